The highest BCUT2D eigenvalue weighted by Crippen LogP contribution is 2.37. The van der Waals surface area contributed by atoms with Gasteiger partial charge >= 0.3 is 0 Å². The van der Waals surface area contributed by atoms with E-state index in [1.807, 2.05) is 72.8 Å². The van der Waals surface area contributed by atoms with E-state index in [1.54, 1.807) is 104 Å². The van der Waals surface area contributed by atoms with Gasteiger partial charge in [0.25, 0.3) is 11.8 Å². The van der Waals surface area contributed by atoms with E-state index in [0.29, 0.717) is 34.0 Å². The van der Waals surface area contributed by atoms with Crippen LogP contribution in [0.1, 0.15) is 26.7 Å². The lowest BCUT2D eigenvalue weighted by molar-refractivity contribution is -0.116. The van der Waals surface area contributed by atoms with Crippen LogP contribution in [0.25, 0.3) is 6.08 Å². The van der Waals surface area contributed by atoms with E-state index in [4.69, 9.17) is 9.47 Å². The predicted molar refractivity (Wildman–Crippen MR) is 207 cm³/mol. The molecule has 52 heavy (non-hydrogen) atoms. The summed E-state index contributed by atoms with van der Waals surface area (Å²) in [5.41, 5.74) is 3.10. The Morgan fingerprint density at radius 2 is 1.23 bits per heavy atom. The molecule has 8 nitrogen and oxygen atoms in total. The lowest BCUT2D eigenvalue weighted by atomic mass is 10.1. The molecule has 3 N–H and O–H groups in total. The van der Waals surface area contributed by atoms with Crippen LogP contribution in [0.15, 0.2) is 174 Å². The van der Waals surface area contributed by atoms with Crippen LogP contribution in [0, 0.1) is 0 Å². The summed E-state index contributed by atoms with van der Waals surface area (Å²) in [4.78, 5) is 41.3. The van der Waals surface area contributed by atoms with Crippen molar-refractivity contribution in [2.75, 3.05) is 17.7 Å². The molecular weight excluding hydrogens is 671 g/mol. The Balaban J connectivity index is 1.18. The van der Waals surface area contributed by atoms with Crippen molar-refractivity contribution >= 4 is 46.9 Å². The number of carbonyl (C=O) groups is 3. The van der Waals surface area contributed by atoms with Crippen LogP contribution >= 0.6 is 11.8 Å². The molecule has 0 fully saturated rings. The van der Waals surface area contributed by atoms with Crippen LogP contribution in [0.2, 0.25) is 0 Å². The number of rotatable bonds is 13. The van der Waals surface area contributed by atoms with E-state index >= 15 is 0 Å². The minimum absolute atomic E-state index is 0.0544. The minimum Gasteiger partial charge on any atom is -0.497 e. The summed E-state index contributed by atoms with van der Waals surface area (Å²) >= 11 is 1.35. The van der Waals surface area contributed by atoms with Crippen LogP contribution in [-0.4, -0.2) is 24.8 Å². The Morgan fingerprint density at radius 3 is 1.90 bits per heavy atom. The van der Waals surface area contributed by atoms with E-state index in [2.05, 4.69) is 16.0 Å². The standard InChI is InChI=1S/C43H35N3O5S/c1-50-35-24-20-30(21-25-35)28-39(46-41(47)32-14-7-3-8-15-32)42(48)45-34-16-11-19-38(29-34)52-40(31-12-5-2-6-13-31)43(49)44-33-22-26-37(27-23-33)51-36-17-9-4-10-18-36/h2-29,40H,1H3,(H,44,49)(H,45,48)(H,46,47)/b39-28+. The van der Waals surface area contributed by atoms with Crippen molar-refractivity contribution in [2.45, 2.75) is 10.1 Å². The first-order valence-corrected chi connectivity index (χ1v) is 17.3. The molecular formula is C43H35N3O5S. The van der Waals surface area contributed by atoms with Gasteiger partial charge in [0.2, 0.25) is 5.91 Å². The number of nitrogens with one attached hydrogen (secondary N) is 3. The van der Waals surface area contributed by atoms with Crippen molar-refractivity contribution in [3.05, 3.63) is 186 Å². The van der Waals surface area contributed by atoms with Crippen molar-refractivity contribution in [1.82, 2.24) is 5.32 Å². The monoisotopic (exact) mass is 705 g/mol. The maximum absolute atomic E-state index is 13.8. The Bertz CT molecular complexity index is 2140. The SMILES string of the molecule is COc1ccc(/C=C(/NC(=O)c2ccccc2)C(=O)Nc2cccc(SC(C(=O)Nc3ccc(Oc4ccccc4)cc3)c3ccccc3)c2)cc1. The zero-order chi connectivity index (χ0) is 36.1. The molecule has 0 aliphatic carbocycles. The number of hydrogen-bond acceptors (Lipinski definition) is 6. The Hall–Kier alpha value is -6.58. The Morgan fingerprint density at radius 1 is 0.615 bits per heavy atom. The largest absolute Gasteiger partial charge is 0.497 e. The Kier molecular flexibility index (Phi) is 11.8. The van der Waals surface area contributed by atoms with Crippen molar-refractivity contribution in [3.8, 4) is 17.2 Å². The summed E-state index contributed by atoms with van der Waals surface area (Å²) in [5.74, 6) is 0.892. The average Bonchev–Trinajstić information content (AvgIpc) is 3.19. The lowest BCUT2D eigenvalue weighted by Gasteiger charge is -2.18. The van der Waals surface area contributed by atoms with E-state index in [-0.39, 0.29) is 11.6 Å². The third-order valence-electron chi connectivity index (χ3n) is 7.74. The number of ether oxygens (including phenoxy) is 2. The number of para-hydroxylation sites is 1. The van der Waals surface area contributed by atoms with Gasteiger partial charge in [-0.25, -0.2) is 0 Å². The van der Waals surface area contributed by atoms with Gasteiger partial charge in [0.1, 0.15) is 28.2 Å². The second-order valence-corrected chi connectivity index (χ2v) is 12.6. The molecule has 1 unspecified atom stereocenters. The van der Waals surface area contributed by atoms with Crippen molar-refractivity contribution in [3.63, 3.8) is 0 Å². The van der Waals surface area contributed by atoms with Crippen LogP contribution in [0.3, 0.4) is 0 Å². The van der Waals surface area contributed by atoms with E-state index in [1.165, 1.54) is 11.8 Å². The first-order valence-electron chi connectivity index (χ1n) is 16.4. The molecule has 0 heterocycles. The summed E-state index contributed by atoms with van der Waals surface area (Å²) in [5, 5.41) is 8.11. The number of thioether (sulfide) groups is 1. The number of carbonyl (C=O) groups excluding carboxylic acids is 3. The lowest BCUT2D eigenvalue weighted by Crippen LogP contribution is -2.30. The van der Waals surface area contributed by atoms with Gasteiger partial charge in [0, 0.05) is 21.8 Å². The van der Waals surface area contributed by atoms with Gasteiger partial charge in [-0.1, -0.05) is 84.9 Å². The molecule has 0 radical (unpaired) electrons. The van der Waals surface area contributed by atoms with Gasteiger partial charge in [-0.15, -0.1) is 11.8 Å². The number of methoxy groups -OCH3 is 1. The quantitative estimate of drug-likeness (QED) is 0.0817. The molecule has 0 aromatic heterocycles. The zero-order valence-electron chi connectivity index (χ0n) is 28.2. The fourth-order valence-corrected chi connectivity index (χ4v) is 6.21. The maximum atomic E-state index is 13.8. The molecule has 3 amide bonds. The average molecular weight is 706 g/mol. The highest BCUT2D eigenvalue weighted by atomic mass is 32.2. The molecule has 0 bridgehead atoms. The highest BCUT2D eigenvalue weighted by Gasteiger charge is 2.23. The molecule has 6 aromatic rings. The van der Waals surface area contributed by atoms with E-state index < -0.39 is 17.1 Å². The fraction of sp³-hybridized carbons (Fsp3) is 0.0465. The minimum atomic E-state index is -0.608. The molecule has 258 valence electrons. The summed E-state index contributed by atoms with van der Waals surface area (Å²) in [7, 11) is 1.58. The van der Waals surface area contributed by atoms with Crippen molar-refractivity contribution in [2.24, 2.45) is 0 Å². The van der Waals surface area contributed by atoms with Crippen molar-refractivity contribution in [1.29, 1.82) is 0 Å². The third kappa shape index (κ3) is 9.77. The molecule has 0 saturated heterocycles. The second-order valence-electron chi connectivity index (χ2n) is 11.5. The van der Waals surface area contributed by atoms with Gasteiger partial charge in [0.05, 0.1) is 7.11 Å². The second kappa shape index (κ2) is 17.4. The smallest absolute Gasteiger partial charge is 0.272 e. The number of anilines is 2. The molecule has 0 saturated carbocycles. The summed E-state index contributed by atoms with van der Waals surface area (Å²) in [6, 6.07) is 49.2. The molecule has 0 aliphatic rings. The maximum Gasteiger partial charge on any atom is 0.272 e. The van der Waals surface area contributed by atoms with Crippen molar-refractivity contribution < 1.29 is 23.9 Å². The zero-order valence-corrected chi connectivity index (χ0v) is 29.0. The summed E-state index contributed by atoms with van der Waals surface area (Å²) < 4.78 is 11.1. The summed E-state index contributed by atoms with van der Waals surface area (Å²) in [6.07, 6.45) is 1.60. The fourth-order valence-electron chi connectivity index (χ4n) is 5.13. The molecule has 0 spiro atoms. The van der Waals surface area contributed by atoms with Crippen LogP contribution in [0.4, 0.5) is 11.4 Å². The molecule has 1 atom stereocenters. The van der Waals surface area contributed by atoms with Crippen LogP contribution in [0.5, 0.6) is 17.2 Å². The first-order chi connectivity index (χ1) is 25.4. The number of hydrogen-bond donors (Lipinski definition) is 3. The van der Waals surface area contributed by atoms with Gasteiger partial charge in [-0.05, 0) is 96.1 Å². The normalized spacial score (nSPS) is 11.5. The van der Waals surface area contributed by atoms with Gasteiger partial charge in [0.15, 0.2) is 0 Å². The number of amides is 3. The van der Waals surface area contributed by atoms with E-state index in [0.717, 1.165) is 16.2 Å². The topological polar surface area (TPSA) is 106 Å². The van der Waals surface area contributed by atoms with Crippen LogP contribution < -0.4 is 25.4 Å². The van der Waals surface area contributed by atoms with Crippen LogP contribution in [-0.2, 0) is 9.59 Å². The third-order valence-corrected chi connectivity index (χ3v) is 8.99. The summed E-state index contributed by atoms with van der Waals surface area (Å²) in [6.45, 7) is 0. The number of benzene rings is 6. The molecule has 0 aliphatic heterocycles. The molecule has 6 rings (SSSR count). The molecule has 6 aromatic carbocycles. The Labute approximate surface area is 306 Å². The van der Waals surface area contributed by atoms with Gasteiger partial charge in [-0.3, -0.25) is 14.4 Å². The first kappa shape index (κ1) is 35.3. The predicted octanol–water partition coefficient (Wildman–Crippen LogP) is 9.37. The van der Waals surface area contributed by atoms with E-state index in [9.17, 15) is 14.4 Å². The van der Waals surface area contributed by atoms with Gasteiger partial charge < -0.3 is 25.4 Å². The van der Waals surface area contributed by atoms with Gasteiger partial charge in [-0.2, -0.15) is 0 Å². The molecule has 9 heteroatoms. The highest BCUT2D eigenvalue weighted by molar-refractivity contribution is 8.00.